The molecule has 4 aromatic rings. The molecule has 1 aliphatic heterocycles. The van der Waals surface area contributed by atoms with E-state index in [4.69, 9.17) is 4.98 Å². The molecule has 0 aromatic carbocycles. The first kappa shape index (κ1) is 27.5. The first-order chi connectivity index (χ1) is 19.5. The van der Waals surface area contributed by atoms with Gasteiger partial charge in [-0.2, -0.15) is 10.2 Å². The molecule has 0 amide bonds. The fourth-order valence-corrected chi connectivity index (χ4v) is 5.24. The van der Waals surface area contributed by atoms with Crippen LogP contribution in [0.4, 0.5) is 11.6 Å². The van der Waals surface area contributed by atoms with Crippen LogP contribution < -0.4 is 10.6 Å². The number of rotatable bonds is 14. The average Bonchev–Trinajstić information content (AvgIpc) is 3.56. The number of carboxylic acids is 1. The van der Waals surface area contributed by atoms with E-state index in [0.29, 0.717) is 29.8 Å². The van der Waals surface area contributed by atoms with Crippen molar-refractivity contribution >= 4 is 28.6 Å². The number of carbonyl (C=O) groups is 1. The van der Waals surface area contributed by atoms with Gasteiger partial charge in [-0.1, -0.05) is 6.07 Å². The van der Waals surface area contributed by atoms with Crippen LogP contribution in [0, 0.1) is 13.8 Å². The molecule has 12 nitrogen and oxygen atoms in total. The number of pyridine rings is 1. The number of aromatic nitrogens is 7. The molecular weight excluding hydrogens is 508 g/mol. The van der Waals surface area contributed by atoms with Gasteiger partial charge in [-0.15, -0.1) is 0 Å². The number of hydrogen-bond acceptors (Lipinski definition) is 9. The molecule has 4 aromatic heterocycles. The number of anilines is 2. The maximum atomic E-state index is 12.2. The molecule has 40 heavy (non-hydrogen) atoms. The van der Waals surface area contributed by atoms with E-state index in [1.54, 1.807) is 6.20 Å². The SMILES string of the molecule is Cc1cc(C)n(CCN(CCCCc2ccc3c(n2)NCCC3)CC[C@H](Nc2ncnc3[nH]ncc23)C(=O)O)n1. The third-order valence-corrected chi connectivity index (χ3v) is 7.43. The largest absolute Gasteiger partial charge is 0.480 e. The summed E-state index contributed by atoms with van der Waals surface area (Å²) < 4.78 is 2.02. The summed E-state index contributed by atoms with van der Waals surface area (Å²) in [5.41, 5.74) is 5.12. The fraction of sp³-hybridized carbons (Fsp3) is 0.500. The predicted molar refractivity (Wildman–Crippen MR) is 153 cm³/mol. The van der Waals surface area contributed by atoms with Crippen LogP contribution >= 0.6 is 0 Å². The Bertz CT molecular complexity index is 1430. The van der Waals surface area contributed by atoms with Crippen LogP contribution in [0.1, 0.15) is 48.3 Å². The van der Waals surface area contributed by atoms with E-state index < -0.39 is 12.0 Å². The maximum absolute atomic E-state index is 12.2. The summed E-state index contributed by atoms with van der Waals surface area (Å²) in [5, 5.41) is 28.5. The van der Waals surface area contributed by atoms with Crippen molar-refractivity contribution < 1.29 is 9.90 Å². The summed E-state index contributed by atoms with van der Waals surface area (Å²) in [5.74, 6) is 0.590. The normalized spacial score (nSPS) is 13.8. The summed E-state index contributed by atoms with van der Waals surface area (Å²) in [6.07, 6.45) is 8.61. The third kappa shape index (κ3) is 6.92. The van der Waals surface area contributed by atoms with Crippen LogP contribution in [0.3, 0.4) is 0 Å². The van der Waals surface area contributed by atoms with E-state index in [-0.39, 0.29) is 0 Å². The van der Waals surface area contributed by atoms with E-state index in [2.05, 4.69) is 65.9 Å². The van der Waals surface area contributed by atoms with Crippen molar-refractivity contribution in [3.63, 3.8) is 0 Å². The lowest BCUT2D eigenvalue weighted by Gasteiger charge is -2.25. The fourth-order valence-electron chi connectivity index (χ4n) is 5.24. The second-order valence-corrected chi connectivity index (χ2v) is 10.5. The highest BCUT2D eigenvalue weighted by atomic mass is 16.4. The van der Waals surface area contributed by atoms with Gasteiger partial charge in [0, 0.05) is 31.0 Å². The van der Waals surface area contributed by atoms with Crippen LogP contribution in [0.15, 0.2) is 30.7 Å². The van der Waals surface area contributed by atoms with Crippen LogP contribution in [-0.4, -0.2) is 83.1 Å². The van der Waals surface area contributed by atoms with E-state index in [1.165, 1.54) is 11.9 Å². The summed E-state index contributed by atoms with van der Waals surface area (Å²) in [6.45, 7) is 8.09. The monoisotopic (exact) mass is 546 g/mol. The van der Waals surface area contributed by atoms with Crippen molar-refractivity contribution in [3.8, 4) is 0 Å². The van der Waals surface area contributed by atoms with E-state index in [1.807, 2.05) is 11.6 Å². The Morgan fingerprint density at radius 2 is 2.10 bits per heavy atom. The van der Waals surface area contributed by atoms with Crippen LogP contribution in [0.2, 0.25) is 0 Å². The molecule has 5 heterocycles. The first-order valence-electron chi connectivity index (χ1n) is 14.1. The van der Waals surface area contributed by atoms with Crippen molar-refractivity contribution in [1.82, 2.24) is 39.8 Å². The number of carboxylic acid groups (broad SMARTS) is 1. The molecule has 0 bridgehead atoms. The lowest BCUT2D eigenvalue weighted by Crippen LogP contribution is -2.37. The number of aliphatic carboxylic acids is 1. The Morgan fingerprint density at radius 3 is 2.92 bits per heavy atom. The molecule has 1 atom stereocenters. The van der Waals surface area contributed by atoms with Gasteiger partial charge in [0.2, 0.25) is 0 Å². The summed E-state index contributed by atoms with van der Waals surface area (Å²) >= 11 is 0. The Kier molecular flexibility index (Phi) is 8.84. The molecule has 0 spiro atoms. The summed E-state index contributed by atoms with van der Waals surface area (Å²) in [6, 6.07) is 5.64. The van der Waals surface area contributed by atoms with Crippen molar-refractivity contribution in [2.45, 2.75) is 65.0 Å². The number of unbranched alkanes of at least 4 members (excludes halogenated alkanes) is 1. The lowest BCUT2D eigenvalue weighted by atomic mass is 10.1. The van der Waals surface area contributed by atoms with Crippen molar-refractivity contribution in [2.75, 3.05) is 36.8 Å². The van der Waals surface area contributed by atoms with Gasteiger partial charge in [0.15, 0.2) is 5.65 Å². The number of aromatic amines is 1. The molecule has 0 saturated heterocycles. The second kappa shape index (κ2) is 12.9. The highest BCUT2D eigenvalue weighted by Gasteiger charge is 2.21. The van der Waals surface area contributed by atoms with Gasteiger partial charge in [-0.3, -0.25) is 9.78 Å². The van der Waals surface area contributed by atoms with Crippen LogP contribution in [-0.2, 0) is 24.2 Å². The Hall–Kier alpha value is -4.06. The van der Waals surface area contributed by atoms with Gasteiger partial charge in [0.05, 0.1) is 23.8 Å². The Labute approximate surface area is 233 Å². The van der Waals surface area contributed by atoms with Gasteiger partial charge < -0.3 is 20.6 Å². The number of H-pyrrole nitrogens is 1. The molecule has 4 N–H and O–H groups in total. The van der Waals surface area contributed by atoms with Gasteiger partial charge in [0.25, 0.3) is 0 Å². The molecular formula is C28H38N10O2. The number of fused-ring (bicyclic) bond motifs is 2. The minimum atomic E-state index is -0.916. The van der Waals surface area contributed by atoms with E-state index >= 15 is 0 Å². The standard InChI is InChI=1S/C28H38N10O2/c1-19-16-20(2)38(36-19)15-14-37(12-4-3-7-22-9-8-21-6-5-11-29-25(21)33-22)13-10-24(28(39)40)34-26-23-17-32-35-27(23)31-18-30-26/h8-9,16-18,24H,3-7,10-15H2,1-2H3,(H,29,33)(H,39,40)(H2,30,31,32,34,35)/t24-/m0/s1. The van der Waals surface area contributed by atoms with Gasteiger partial charge >= 0.3 is 5.97 Å². The topological polar surface area (TPSA) is 150 Å². The third-order valence-electron chi connectivity index (χ3n) is 7.43. The van der Waals surface area contributed by atoms with E-state index in [9.17, 15) is 9.90 Å². The minimum absolute atomic E-state index is 0.424. The minimum Gasteiger partial charge on any atom is -0.480 e. The summed E-state index contributed by atoms with van der Waals surface area (Å²) in [7, 11) is 0. The van der Waals surface area contributed by atoms with Crippen molar-refractivity contribution in [1.29, 1.82) is 0 Å². The predicted octanol–water partition coefficient (Wildman–Crippen LogP) is 3.20. The molecule has 0 unspecified atom stereocenters. The average molecular weight is 547 g/mol. The summed E-state index contributed by atoms with van der Waals surface area (Å²) in [4.78, 5) is 27.7. The van der Waals surface area contributed by atoms with Crippen molar-refractivity contribution in [3.05, 3.63) is 53.4 Å². The molecule has 12 heteroatoms. The smallest absolute Gasteiger partial charge is 0.326 e. The van der Waals surface area contributed by atoms with Gasteiger partial charge in [0.1, 0.15) is 24.0 Å². The molecule has 1 aliphatic rings. The van der Waals surface area contributed by atoms with Gasteiger partial charge in [-0.05, 0) is 76.6 Å². The van der Waals surface area contributed by atoms with Crippen molar-refractivity contribution in [2.24, 2.45) is 0 Å². The quantitative estimate of drug-likeness (QED) is 0.174. The molecule has 0 radical (unpaired) electrons. The zero-order valence-corrected chi connectivity index (χ0v) is 23.2. The zero-order valence-electron chi connectivity index (χ0n) is 23.2. The second-order valence-electron chi connectivity index (χ2n) is 10.5. The van der Waals surface area contributed by atoms with Crippen LogP contribution in [0.5, 0.6) is 0 Å². The molecule has 0 aliphatic carbocycles. The lowest BCUT2D eigenvalue weighted by molar-refractivity contribution is -0.138. The Balaban J connectivity index is 1.19. The number of hydrogen-bond donors (Lipinski definition) is 4. The number of nitrogens with zero attached hydrogens (tertiary/aromatic N) is 7. The maximum Gasteiger partial charge on any atom is 0.326 e. The first-order valence-corrected chi connectivity index (χ1v) is 14.1. The van der Waals surface area contributed by atoms with E-state index in [0.717, 1.165) is 81.2 Å². The highest BCUT2D eigenvalue weighted by molar-refractivity contribution is 5.88. The van der Waals surface area contributed by atoms with Crippen LogP contribution in [0.25, 0.3) is 11.0 Å². The molecule has 0 fully saturated rings. The molecule has 0 saturated carbocycles. The molecule has 212 valence electrons. The zero-order chi connectivity index (χ0) is 27.9. The highest BCUT2D eigenvalue weighted by Crippen LogP contribution is 2.21. The Morgan fingerprint density at radius 1 is 1.20 bits per heavy atom. The molecule has 5 rings (SSSR count). The number of aryl methyl sites for hydroxylation is 4. The van der Waals surface area contributed by atoms with Gasteiger partial charge in [-0.25, -0.2) is 19.7 Å². The number of nitrogens with one attached hydrogen (secondary N) is 3.